The molecule has 0 radical (unpaired) electrons. The summed E-state index contributed by atoms with van der Waals surface area (Å²) in [5.74, 6) is -0.0859. The molecule has 0 saturated carbocycles. The van der Waals surface area contributed by atoms with E-state index < -0.39 is 0 Å². The van der Waals surface area contributed by atoms with E-state index in [1.165, 1.54) is 0 Å². The SMILES string of the molecule is CCn1nc(C)cc1C(=O)NC(C)CC(C)Cl. The lowest BCUT2D eigenvalue weighted by Crippen LogP contribution is -2.35. The van der Waals surface area contributed by atoms with Crippen LogP contribution in [0, 0.1) is 6.92 Å². The quantitative estimate of drug-likeness (QED) is 0.823. The molecule has 4 nitrogen and oxygen atoms in total. The summed E-state index contributed by atoms with van der Waals surface area (Å²) in [4.78, 5) is 12.0. The molecule has 17 heavy (non-hydrogen) atoms. The summed E-state index contributed by atoms with van der Waals surface area (Å²) in [5, 5.41) is 7.24. The van der Waals surface area contributed by atoms with Crippen LogP contribution in [0.25, 0.3) is 0 Å². The van der Waals surface area contributed by atoms with Crippen LogP contribution in [0.3, 0.4) is 0 Å². The van der Waals surface area contributed by atoms with Crippen LogP contribution in [0.15, 0.2) is 6.07 Å². The van der Waals surface area contributed by atoms with Crippen LogP contribution in [0.1, 0.15) is 43.4 Å². The Labute approximate surface area is 107 Å². The summed E-state index contributed by atoms with van der Waals surface area (Å²) in [6.07, 6.45) is 0.756. The highest BCUT2D eigenvalue weighted by Crippen LogP contribution is 2.07. The second kappa shape index (κ2) is 6.05. The van der Waals surface area contributed by atoms with Gasteiger partial charge in [0.25, 0.3) is 5.91 Å². The maximum Gasteiger partial charge on any atom is 0.269 e. The fraction of sp³-hybridized carbons (Fsp3) is 0.667. The molecule has 0 bridgehead atoms. The van der Waals surface area contributed by atoms with Crippen molar-refractivity contribution in [3.8, 4) is 0 Å². The average Bonchev–Trinajstić information content (AvgIpc) is 2.58. The third-order valence-electron chi connectivity index (χ3n) is 2.49. The molecule has 2 unspecified atom stereocenters. The van der Waals surface area contributed by atoms with Gasteiger partial charge in [-0.2, -0.15) is 5.10 Å². The van der Waals surface area contributed by atoms with Crippen molar-refractivity contribution >= 4 is 17.5 Å². The summed E-state index contributed by atoms with van der Waals surface area (Å²) in [5.41, 5.74) is 1.47. The van der Waals surface area contributed by atoms with Gasteiger partial charge in [0.15, 0.2) is 0 Å². The molecule has 0 aliphatic rings. The lowest BCUT2D eigenvalue weighted by Gasteiger charge is -2.15. The minimum absolute atomic E-state index is 0.0584. The molecule has 1 heterocycles. The van der Waals surface area contributed by atoms with Crippen LogP contribution in [0.4, 0.5) is 0 Å². The number of aromatic nitrogens is 2. The Morgan fingerprint density at radius 1 is 1.59 bits per heavy atom. The number of carbonyl (C=O) groups is 1. The van der Waals surface area contributed by atoms with Crippen molar-refractivity contribution in [1.82, 2.24) is 15.1 Å². The third-order valence-corrected chi connectivity index (χ3v) is 2.67. The van der Waals surface area contributed by atoms with Crippen molar-refractivity contribution < 1.29 is 4.79 Å². The van der Waals surface area contributed by atoms with Gasteiger partial charge in [-0.3, -0.25) is 9.48 Å². The molecule has 5 heteroatoms. The average molecular weight is 258 g/mol. The lowest BCUT2D eigenvalue weighted by atomic mass is 10.2. The number of nitrogens with one attached hydrogen (secondary N) is 1. The van der Waals surface area contributed by atoms with Gasteiger partial charge in [0.1, 0.15) is 5.69 Å². The zero-order valence-corrected chi connectivity index (χ0v) is 11.6. The largest absolute Gasteiger partial charge is 0.348 e. The van der Waals surface area contributed by atoms with Crippen LogP contribution >= 0.6 is 11.6 Å². The van der Waals surface area contributed by atoms with Gasteiger partial charge < -0.3 is 5.32 Å². The first kappa shape index (κ1) is 14.0. The van der Waals surface area contributed by atoms with E-state index in [1.54, 1.807) is 10.7 Å². The lowest BCUT2D eigenvalue weighted by molar-refractivity contribution is 0.0927. The Kier molecular flexibility index (Phi) is 5.00. The van der Waals surface area contributed by atoms with Crippen molar-refractivity contribution in [2.45, 2.75) is 52.1 Å². The van der Waals surface area contributed by atoms with Gasteiger partial charge in [0, 0.05) is 18.0 Å². The number of alkyl halides is 1. The Hall–Kier alpha value is -1.03. The molecule has 1 rings (SSSR count). The zero-order valence-electron chi connectivity index (χ0n) is 10.8. The highest BCUT2D eigenvalue weighted by atomic mass is 35.5. The van der Waals surface area contributed by atoms with Gasteiger partial charge in [-0.1, -0.05) is 0 Å². The van der Waals surface area contributed by atoms with E-state index in [4.69, 9.17) is 11.6 Å². The topological polar surface area (TPSA) is 46.9 Å². The van der Waals surface area contributed by atoms with Crippen molar-refractivity contribution in [2.75, 3.05) is 0 Å². The number of hydrogen-bond donors (Lipinski definition) is 1. The Morgan fingerprint density at radius 3 is 2.76 bits per heavy atom. The Morgan fingerprint density at radius 2 is 2.24 bits per heavy atom. The fourth-order valence-corrected chi connectivity index (χ4v) is 2.08. The molecule has 0 saturated heterocycles. The number of hydrogen-bond acceptors (Lipinski definition) is 2. The highest BCUT2D eigenvalue weighted by molar-refractivity contribution is 6.20. The fourth-order valence-electron chi connectivity index (χ4n) is 1.81. The molecular formula is C12H20ClN3O. The molecule has 1 amide bonds. The van der Waals surface area contributed by atoms with Gasteiger partial charge in [-0.15, -0.1) is 11.6 Å². The second-order valence-corrected chi connectivity index (χ2v) is 5.12. The molecule has 0 spiro atoms. The molecule has 1 aromatic rings. The maximum atomic E-state index is 12.0. The summed E-state index contributed by atoms with van der Waals surface area (Å²) in [7, 11) is 0. The number of rotatable bonds is 5. The molecule has 0 aliphatic carbocycles. The van der Waals surface area contributed by atoms with Crippen molar-refractivity contribution in [3.05, 3.63) is 17.5 Å². The standard InChI is InChI=1S/C12H20ClN3O/c1-5-16-11(7-10(4)15-16)12(17)14-9(3)6-8(2)13/h7-9H,5-6H2,1-4H3,(H,14,17). The first-order chi connectivity index (χ1) is 7.93. The van der Waals surface area contributed by atoms with E-state index in [0.717, 1.165) is 12.1 Å². The molecule has 0 aliphatic heterocycles. The van der Waals surface area contributed by atoms with Crippen molar-refractivity contribution in [2.24, 2.45) is 0 Å². The molecule has 1 N–H and O–H groups in total. The van der Waals surface area contributed by atoms with E-state index in [1.807, 2.05) is 27.7 Å². The molecule has 0 fully saturated rings. The van der Waals surface area contributed by atoms with E-state index in [9.17, 15) is 4.79 Å². The van der Waals surface area contributed by atoms with Gasteiger partial charge in [-0.05, 0) is 40.2 Å². The third kappa shape index (κ3) is 4.04. The molecule has 96 valence electrons. The van der Waals surface area contributed by atoms with Crippen LogP contribution in [-0.4, -0.2) is 27.1 Å². The van der Waals surface area contributed by atoms with Crippen LogP contribution < -0.4 is 5.32 Å². The van der Waals surface area contributed by atoms with Crippen molar-refractivity contribution in [3.63, 3.8) is 0 Å². The van der Waals surface area contributed by atoms with E-state index in [0.29, 0.717) is 12.2 Å². The maximum absolute atomic E-state index is 12.0. The van der Waals surface area contributed by atoms with Gasteiger partial charge >= 0.3 is 0 Å². The second-order valence-electron chi connectivity index (χ2n) is 4.38. The van der Waals surface area contributed by atoms with Gasteiger partial charge in [0.2, 0.25) is 0 Å². The first-order valence-corrected chi connectivity index (χ1v) is 6.37. The van der Waals surface area contributed by atoms with Crippen molar-refractivity contribution in [1.29, 1.82) is 0 Å². The highest BCUT2D eigenvalue weighted by Gasteiger charge is 2.16. The van der Waals surface area contributed by atoms with E-state index in [2.05, 4.69) is 10.4 Å². The smallest absolute Gasteiger partial charge is 0.269 e. The van der Waals surface area contributed by atoms with Gasteiger partial charge in [0.05, 0.1) is 5.69 Å². The summed E-state index contributed by atoms with van der Waals surface area (Å²) >= 11 is 5.90. The number of amides is 1. The van der Waals surface area contributed by atoms with Crippen LogP contribution in [0.2, 0.25) is 0 Å². The Balaban J connectivity index is 2.69. The van der Waals surface area contributed by atoms with Gasteiger partial charge in [-0.25, -0.2) is 0 Å². The first-order valence-electron chi connectivity index (χ1n) is 5.93. The molecular weight excluding hydrogens is 238 g/mol. The Bertz CT molecular complexity index is 387. The minimum Gasteiger partial charge on any atom is -0.348 e. The summed E-state index contributed by atoms with van der Waals surface area (Å²) < 4.78 is 1.71. The number of carbonyl (C=O) groups excluding carboxylic acids is 1. The van der Waals surface area contributed by atoms with Crippen LogP contribution in [0.5, 0.6) is 0 Å². The summed E-state index contributed by atoms with van der Waals surface area (Å²) in [6, 6.07) is 1.87. The molecule has 0 aromatic carbocycles. The normalized spacial score (nSPS) is 14.4. The molecule has 2 atom stereocenters. The molecule has 1 aromatic heterocycles. The number of halogens is 1. The minimum atomic E-state index is -0.0859. The predicted octanol–water partition coefficient (Wildman–Crippen LogP) is 2.35. The predicted molar refractivity (Wildman–Crippen MR) is 69.5 cm³/mol. The van der Waals surface area contributed by atoms with Crippen LogP contribution in [-0.2, 0) is 6.54 Å². The zero-order chi connectivity index (χ0) is 13.0. The monoisotopic (exact) mass is 257 g/mol. The number of nitrogens with zero attached hydrogens (tertiary/aromatic N) is 2. The summed E-state index contributed by atoms with van der Waals surface area (Å²) in [6.45, 7) is 8.42. The van der Waals surface area contributed by atoms with E-state index in [-0.39, 0.29) is 17.3 Å². The number of aryl methyl sites for hydroxylation is 2. The van der Waals surface area contributed by atoms with E-state index >= 15 is 0 Å².